The van der Waals surface area contributed by atoms with Gasteiger partial charge in [-0.15, -0.1) is 0 Å². The van der Waals surface area contributed by atoms with E-state index in [0.717, 1.165) is 30.6 Å². The quantitative estimate of drug-likeness (QED) is 0.609. The van der Waals surface area contributed by atoms with Gasteiger partial charge in [-0.1, -0.05) is 0 Å². The van der Waals surface area contributed by atoms with Gasteiger partial charge in [0.05, 0.1) is 17.6 Å². The molecule has 1 saturated carbocycles. The zero-order valence-electron chi connectivity index (χ0n) is 16.1. The number of hydrogen-bond acceptors (Lipinski definition) is 6. The zero-order chi connectivity index (χ0) is 20.1. The summed E-state index contributed by atoms with van der Waals surface area (Å²) in [6, 6.07) is -0.985. The maximum atomic E-state index is 13.1. The minimum Gasteiger partial charge on any atom is -0.376 e. The smallest absolute Gasteiger partial charge is 0.325 e. The molecule has 0 spiro atoms. The van der Waals surface area contributed by atoms with Crippen molar-refractivity contribution in [3.8, 4) is 0 Å². The summed E-state index contributed by atoms with van der Waals surface area (Å²) in [7, 11) is -3.17. The highest BCUT2D eigenvalue weighted by Gasteiger charge is 2.56. The molecule has 10 heteroatoms. The van der Waals surface area contributed by atoms with E-state index in [0.29, 0.717) is 19.6 Å². The topological polar surface area (TPSA) is 113 Å². The van der Waals surface area contributed by atoms with Crippen molar-refractivity contribution in [3.63, 3.8) is 0 Å². The number of amides is 4. The van der Waals surface area contributed by atoms with Gasteiger partial charge in [0.25, 0.3) is 5.91 Å². The summed E-state index contributed by atoms with van der Waals surface area (Å²) in [6.45, 7) is 2.27. The summed E-state index contributed by atoms with van der Waals surface area (Å²) >= 11 is 0. The number of carbonyl (C=O) groups is 3. The van der Waals surface area contributed by atoms with Crippen molar-refractivity contribution in [2.75, 3.05) is 31.2 Å². The van der Waals surface area contributed by atoms with E-state index in [4.69, 9.17) is 4.74 Å². The van der Waals surface area contributed by atoms with Crippen LogP contribution in [0.15, 0.2) is 0 Å². The van der Waals surface area contributed by atoms with Crippen LogP contribution in [-0.2, 0) is 24.2 Å². The Kier molecular flexibility index (Phi) is 4.89. The fourth-order valence-electron chi connectivity index (χ4n) is 4.51. The lowest BCUT2D eigenvalue weighted by Crippen LogP contribution is -2.51. The standard InChI is InChI=1S/C18H27N3O6S/c1-18(12-4-5-12)16(23)21(17(24)19-18)10-15(22)20(9-14-3-2-7-27-14)13-6-8-28(25,26)11-13/h12-14H,2-11H2,1H3,(H,19,24)/t13-,14+,18-/m1/s1. The van der Waals surface area contributed by atoms with Crippen LogP contribution < -0.4 is 5.32 Å². The number of hydrogen-bond donors (Lipinski definition) is 1. The van der Waals surface area contributed by atoms with Crippen LogP contribution in [0.4, 0.5) is 4.79 Å². The third-order valence-corrected chi connectivity index (χ3v) is 8.13. The maximum absolute atomic E-state index is 13.1. The zero-order valence-corrected chi connectivity index (χ0v) is 16.9. The lowest BCUT2D eigenvalue weighted by Gasteiger charge is -2.31. The van der Waals surface area contributed by atoms with E-state index in [1.54, 1.807) is 6.92 Å². The third kappa shape index (κ3) is 3.63. The lowest BCUT2D eigenvalue weighted by atomic mass is 9.96. The first kappa shape index (κ1) is 19.6. The molecule has 0 unspecified atom stereocenters. The van der Waals surface area contributed by atoms with Crippen molar-refractivity contribution in [3.05, 3.63) is 0 Å². The number of rotatable bonds is 6. The highest BCUT2D eigenvalue weighted by molar-refractivity contribution is 7.91. The third-order valence-electron chi connectivity index (χ3n) is 6.38. The number of nitrogens with zero attached hydrogens (tertiary/aromatic N) is 2. The Bertz CT molecular complexity index is 789. The molecule has 4 aliphatic rings. The fourth-order valence-corrected chi connectivity index (χ4v) is 6.24. The number of ether oxygens (including phenoxy) is 1. The second-order valence-corrected chi connectivity index (χ2v) is 10.8. The Morgan fingerprint density at radius 2 is 2.04 bits per heavy atom. The van der Waals surface area contributed by atoms with E-state index in [1.807, 2.05) is 0 Å². The lowest BCUT2D eigenvalue weighted by molar-refractivity contribution is -0.141. The normalized spacial score (nSPS) is 34.7. The molecule has 0 aromatic heterocycles. The number of sulfone groups is 1. The second kappa shape index (κ2) is 6.98. The average molecular weight is 413 g/mol. The van der Waals surface area contributed by atoms with Gasteiger partial charge in [-0.25, -0.2) is 13.2 Å². The first-order chi connectivity index (χ1) is 13.2. The monoisotopic (exact) mass is 413 g/mol. The molecule has 156 valence electrons. The van der Waals surface area contributed by atoms with Crippen LogP contribution in [-0.4, -0.2) is 84.9 Å². The molecule has 4 amide bonds. The summed E-state index contributed by atoms with van der Waals surface area (Å²) in [5.74, 6) is -0.682. The molecule has 3 atom stereocenters. The van der Waals surface area contributed by atoms with E-state index in [2.05, 4.69) is 5.32 Å². The summed E-state index contributed by atoms with van der Waals surface area (Å²) in [4.78, 5) is 40.7. The highest BCUT2D eigenvalue weighted by Crippen LogP contribution is 2.42. The average Bonchev–Trinajstić information content (AvgIpc) is 3.19. The van der Waals surface area contributed by atoms with E-state index >= 15 is 0 Å². The Hall–Kier alpha value is -1.68. The van der Waals surface area contributed by atoms with Crippen LogP contribution in [0.5, 0.6) is 0 Å². The molecule has 1 N–H and O–H groups in total. The molecule has 3 saturated heterocycles. The number of imide groups is 1. The molecule has 4 fully saturated rings. The van der Waals surface area contributed by atoms with Crippen molar-refractivity contribution < 1.29 is 27.5 Å². The minimum absolute atomic E-state index is 0.0514. The van der Waals surface area contributed by atoms with Crippen molar-refractivity contribution in [2.45, 2.75) is 56.7 Å². The SMILES string of the molecule is C[C@]1(C2CC2)NC(=O)N(CC(=O)N(C[C@@H]2CCCO2)[C@@H]2CCS(=O)(=O)C2)C1=O. The summed E-state index contributed by atoms with van der Waals surface area (Å²) in [5.41, 5.74) is -0.937. The van der Waals surface area contributed by atoms with Gasteiger partial charge in [-0.3, -0.25) is 14.5 Å². The Labute approximate surface area is 164 Å². The van der Waals surface area contributed by atoms with Crippen LogP contribution >= 0.6 is 0 Å². The van der Waals surface area contributed by atoms with Gasteiger partial charge in [-0.2, -0.15) is 0 Å². The van der Waals surface area contributed by atoms with Crippen LogP contribution in [0.25, 0.3) is 0 Å². The van der Waals surface area contributed by atoms with Crippen molar-refractivity contribution >= 4 is 27.7 Å². The molecule has 1 aliphatic carbocycles. The summed E-state index contributed by atoms with van der Waals surface area (Å²) in [6.07, 6.45) is 3.73. The molecule has 0 aromatic carbocycles. The molecule has 3 heterocycles. The highest BCUT2D eigenvalue weighted by atomic mass is 32.2. The summed E-state index contributed by atoms with van der Waals surface area (Å²) in [5, 5.41) is 2.74. The first-order valence-electron chi connectivity index (χ1n) is 9.95. The van der Waals surface area contributed by atoms with Crippen LogP contribution in [0.2, 0.25) is 0 Å². The number of carbonyl (C=O) groups excluding carboxylic acids is 3. The van der Waals surface area contributed by atoms with Gasteiger partial charge in [0.1, 0.15) is 12.1 Å². The first-order valence-corrected chi connectivity index (χ1v) is 11.8. The molecule has 28 heavy (non-hydrogen) atoms. The maximum Gasteiger partial charge on any atom is 0.325 e. The molecule has 4 rings (SSSR count). The molecule has 9 nitrogen and oxygen atoms in total. The second-order valence-electron chi connectivity index (χ2n) is 8.54. The summed E-state index contributed by atoms with van der Waals surface area (Å²) < 4.78 is 29.5. The van der Waals surface area contributed by atoms with Gasteiger partial charge >= 0.3 is 6.03 Å². The Morgan fingerprint density at radius 3 is 2.61 bits per heavy atom. The number of nitrogens with one attached hydrogen (secondary N) is 1. The van der Waals surface area contributed by atoms with E-state index < -0.39 is 33.4 Å². The number of urea groups is 1. The predicted octanol–water partition coefficient (Wildman–Crippen LogP) is -0.0984. The van der Waals surface area contributed by atoms with E-state index in [-0.39, 0.29) is 36.0 Å². The molecule has 0 bridgehead atoms. The van der Waals surface area contributed by atoms with Crippen LogP contribution in [0.1, 0.15) is 39.0 Å². The van der Waals surface area contributed by atoms with Crippen molar-refractivity contribution in [2.24, 2.45) is 5.92 Å². The van der Waals surface area contributed by atoms with Crippen LogP contribution in [0, 0.1) is 5.92 Å². The van der Waals surface area contributed by atoms with Gasteiger partial charge in [0, 0.05) is 19.2 Å². The predicted molar refractivity (Wildman–Crippen MR) is 99.1 cm³/mol. The minimum atomic E-state index is -3.17. The Morgan fingerprint density at radius 1 is 1.29 bits per heavy atom. The molecular formula is C18H27N3O6S. The van der Waals surface area contributed by atoms with Crippen LogP contribution in [0.3, 0.4) is 0 Å². The van der Waals surface area contributed by atoms with Crippen molar-refractivity contribution in [1.82, 2.24) is 15.1 Å². The molecular weight excluding hydrogens is 386 g/mol. The molecule has 0 radical (unpaired) electrons. The van der Waals surface area contributed by atoms with Gasteiger partial charge in [0.15, 0.2) is 9.84 Å². The largest absolute Gasteiger partial charge is 0.376 e. The van der Waals surface area contributed by atoms with Gasteiger partial charge < -0.3 is 15.0 Å². The van der Waals surface area contributed by atoms with Crippen molar-refractivity contribution in [1.29, 1.82) is 0 Å². The molecule has 3 aliphatic heterocycles. The molecule has 0 aromatic rings. The van der Waals surface area contributed by atoms with Gasteiger partial charge in [-0.05, 0) is 44.9 Å². The fraction of sp³-hybridized carbons (Fsp3) is 0.833. The van der Waals surface area contributed by atoms with E-state index in [9.17, 15) is 22.8 Å². The van der Waals surface area contributed by atoms with E-state index in [1.165, 1.54) is 4.90 Å². The van der Waals surface area contributed by atoms with Gasteiger partial charge in [0.2, 0.25) is 5.91 Å². The Balaban J connectivity index is 1.48.